The minimum atomic E-state index is -0.489. The zero-order valence-corrected chi connectivity index (χ0v) is 9.85. The van der Waals surface area contributed by atoms with Crippen molar-refractivity contribution in [1.82, 2.24) is 0 Å². The highest BCUT2D eigenvalue weighted by Crippen LogP contribution is 2.45. The maximum absolute atomic E-state index is 11.0. The first kappa shape index (κ1) is 11.7. The fraction of sp³-hybridized carbons (Fsp3) is 0.455. The van der Waals surface area contributed by atoms with Gasteiger partial charge in [-0.15, -0.1) is 0 Å². The molecule has 0 spiro atoms. The molecule has 0 radical (unpaired) electrons. The predicted octanol–water partition coefficient (Wildman–Crippen LogP) is 1.86. The van der Waals surface area contributed by atoms with E-state index in [4.69, 9.17) is 14.2 Å². The number of hydrogen-bond acceptors (Lipinski definition) is 5. The van der Waals surface area contributed by atoms with E-state index in [1.54, 1.807) is 6.07 Å². The summed E-state index contributed by atoms with van der Waals surface area (Å²) in [5, 5.41) is 11.0. The first-order chi connectivity index (χ1) is 8.01. The zero-order valence-electron chi connectivity index (χ0n) is 9.85. The van der Waals surface area contributed by atoms with Crippen LogP contribution in [0.15, 0.2) is 12.1 Å². The van der Waals surface area contributed by atoms with E-state index in [2.05, 4.69) is 0 Å². The van der Waals surface area contributed by atoms with Crippen LogP contribution in [-0.2, 0) is 10.3 Å². The second-order valence-corrected chi connectivity index (χ2v) is 4.01. The van der Waals surface area contributed by atoms with Crippen LogP contribution in [0, 0.1) is 10.1 Å². The quantitative estimate of drug-likeness (QED) is 0.455. The minimum absolute atomic E-state index is 0.112. The Balaban J connectivity index is 2.59. The monoisotopic (exact) mass is 239 g/mol. The summed E-state index contributed by atoms with van der Waals surface area (Å²) in [5.74, 6) is 0.471. The fourth-order valence-electron chi connectivity index (χ4n) is 1.66. The smallest absolute Gasteiger partial charge is 0.315 e. The minimum Gasteiger partial charge on any atom is -0.493 e. The van der Waals surface area contributed by atoms with Crippen LogP contribution < -0.4 is 9.47 Å². The Morgan fingerprint density at radius 2 is 2.06 bits per heavy atom. The maximum atomic E-state index is 11.0. The van der Waals surface area contributed by atoms with Crippen LogP contribution >= 0.6 is 0 Å². The van der Waals surface area contributed by atoms with Gasteiger partial charge in [0.05, 0.1) is 25.7 Å². The summed E-state index contributed by atoms with van der Waals surface area (Å²) >= 11 is 0. The molecule has 6 nitrogen and oxygen atoms in total. The van der Waals surface area contributed by atoms with E-state index >= 15 is 0 Å². The van der Waals surface area contributed by atoms with Gasteiger partial charge in [0.25, 0.3) is 0 Å². The Bertz CT molecular complexity index is 467. The first-order valence-corrected chi connectivity index (χ1v) is 5.06. The molecule has 0 N–H and O–H groups in total. The lowest BCUT2D eigenvalue weighted by atomic mass is 10.0. The van der Waals surface area contributed by atoms with Crippen molar-refractivity contribution in [2.45, 2.75) is 12.5 Å². The summed E-state index contributed by atoms with van der Waals surface area (Å²) in [7, 11) is 2.82. The van der Waals surface area contributed by atoms with E-state index < -0.39 is 10.5 Å². The molecule has 1 heterocycles. The third kappa shape index (κ3) is 1.91. The lowest BCUT2D eigenvalue weighted by Crippen LogP contribution is -2.05. The van der Waals surface area contributed by atoms with Crippen LogP contribution in [0.5, 0.6) is 11.5 Å². The Hall–Kier alpha value is -1.82. The van der Waals surface area contributed by atoms with Gasteiger partial charge in [0.1, 0.15) is 5.60 Å². The molecule has 1 saturated heterocycles. The van der Waals surface area contributed by atoms with Crippen LogP contribution in [-0.4, -0.2) is 25.7 Å². The highest BCUT2D eigenvalue weighted by atomic mass is 16.6. The Morgan fingerprint density at radius 3 is 2.47 bits per heavy atom. The number of methoxy groups -OCH3 is 2. The van der Waals surface area contributed by atoms with Crippen molar-refractivity contribution >= 4 is 5.69 Å². The molecule has 1 aliphatic heterocycles. The van der Waals surface area contributed by atoms with Gasteiger partial charge in [-0.3, -0.25) is 10.1 Å². The van der Waals surface area contributed by atoms with Crippen molar-refractivity contribution in [3.05, 3.63) is 27.8 Å². The largest absolute Gasteiger partial charge is 0.493 e. The molecule has 0 aromatic heterocycles. The average molecular weight is 239 g/mol. The van der Waals surface area contributed by atoms with Crippen molar-refractivity contribution in [3.63, 3.8) is 0 Å². The number of hydrogen-bond donors (Lipinski definition) is 0. The molecule has 1 atom stereocenters. The molecule has 6 heteroatoms. The van der Waals surface area contributed by atoms with Crippen molar-refractivity contribution < 1.29 is 19.1 Å². The van der Waals surface area contributed by atoms with Gasteiger partial charge in [-0.2, -0.15) is 0 Å². The molecule has 1 aromatic rings. The second kappa shape index (κ2) is 3.89. The van der Waals surface area contributed by atoms with Gasteiger partial charge in [-0.1, -0.05) is 0 Å². The molecule has 0 amide bonds. The molecular formula is C11H13NO5. The van der Waals surface area contributed by atoms with Gasteiger partial charge >= 0.3 is 5.69 Å². The number of benzene rings is 1. The topological polar surface area (TPSA) is 74.1 Å². The lowest BCUT2D eigenvalue weighted by Gasteiger charge is -2.12. The molecule has 0 saturated carbocycles. The number of ether oxygens (including phenoxy) is 3. The molecule has 1 fully saturated rings. The van der Waals surface area contributed by atoms with Gasteiger partial charge in [-0.25, -0.2) is 0 Å². The van der Waals surface area contributed by atoms with Crippen LogP contribution in [0.1, 0.15) is 12.5 Å². The lowest BCUT2D eigenvalue weighted by molar-refractivity contribution is -0.385. The van der Waals surface area contributed by atoms with Crippen LogP contribution in [0.3, 0.4) is 0 Å². The van der Waals surface area contributed by atoms with Crippen LogP contribution in [0.4, 0.5) is 5.69 Å². The Labute approximate surface area is 98.2 Å². The standard InChI is InChI=1S/C11H13NO5/c1-11(6-17-11)7-4-8(12(13)14)10(16-3)9(5-7)15-2/h4-5H,6H2,1-3H3. The molecule has 1 unspecified atom stereocenters. The summed E-state index contributed by atoms with van der Waals surface area (Å²) in [6, 6.07) is 3.17. The number of epoxide rings is 1. The van der Waals surface area contributed by atoms with E-state index in [1.165, 1.54) is 20.3 Å². The second-order valence-electron chi connectivity index (χ2n) is 4.01. The summed E-state index contributed by atoms with van der Waals surface area (Å²) in [4.78, 5) is 10.5. The summed E-state index contributed by atoms with van der Waals surface area (Å²) in [6.45, 7) is 2.43. The van der Waals surface area contributed by atoms with Gasteiger partial charge < -0.3 is 14.2 Å². The number of nitro groups is 1. The Morgan fingerprint density at radius 1 is 1.41 bits per heavy atom. The highest BCUT2D eigenvalue weighted by Gasteiger charge is 2.43. The van der Waals surface area contributed by atoms with Crippen molar-refractivity contribution in [3.8, 4) is 11.5 Å². The molecule has 0 aliphatic carbocycles. The maximum Gasteiger partial charge on any atom is 0.315 e. The molecule has 1 aromatic carbocycles. The molecule has 0 bridgehead atoms. The molecule has 1 aliphatic rings. The van der Waals surface area contributed by atoms with E-state index in [9.17, 15) is 10.1 Å². The van der Waals surface area contributed by atoms with Crippen LogP contribution in [0.25, 0.3) is 0 Å². The zero-order chi connectivity index (χ0) is 12.6. The highest BCUT2D eigenvalue weighted by molar-refractivity contribution is 5.59. The third-order valence-corrected chi connectivity index (χ3v) is 2.84. The van der Waals surface area contributed by atoms with Crippen molar-refractivity contribution in [1.29, 1.82) is 0 Å². The van der Waals surface area contributed by atoms with E-state index in [0.717, 1.165) is 5.56 Å². The third-order valence-electron chi connectivity index (χ3n) is 2.84. The summed E-state index contributed by atoms with van der Waals surface area (Å²) < 4.78 is 15.4. The Kier molecular flexibility index (Phi) is 2.66. The predicted molar refractivity (Wildman–Crippen MR) is 59.5 cm³/mol. The SMILES string of the molecule is COc1cc(C2(C)CO2)cc([N+](=O)[O-])c1OC. The summed E-state index contributed by atoms with van der Waals surface area (Å²) in [5.41, 5.74) is 0.171. The van der Waals surface area contributed by atoms with Gasteiger partial charge in [0, 0.05) is 6.07 Å². The molecule has 2 rings (SSSR count). The van der Waals surface area contributed by atoms with Crippen molar-refractivity contribution in [2.24, 2.45) is 0 Å². The summed E-state index contributed by atoms with van der Waals surface area (Å²) in [6.07, 6.45) is 0. The van der Waals surface area contributed by atoms with E-state index in [1.807, 2.05) is 6.92 Å². The fourth-order valence-corrected chi connectivity index (χ4v) is 1.66. The number of nitro benzene ring substituents is 1. The normalized spacial score (nSPS) is 22.1. The van der Waals surface area contributed by atoms with Gasteiger partial charge in [0.2, 0.25) is 5.75 Å². The molecule has 92 valence electrons. The first-order valence-electron chi connectivity index (χ1n) is 5.06. The van der Waals surface area contributed by atoms with Crippen molar-refractivity contribution in [2.75, 3.05) is 20.8 Å². The molecule has 17 heavy (non-hydrogen) atoms. The average Bonchev–Trinajstić information content (AvgIpc) is 3.06. The van der Waals surface area contributed by atoms with Gasteiger partial charge in [-0.05, 0) is 18.6 Å². The van der Waals surface area contributed by atoms with Gasteiger partial charge in [0.15, 0.2) is 5.75 Å². The number of rotatable bonds is 4. The number of nitrogens with zero attached hydrogens (tertiary/aromatic N) is 1. The molecular weight excluding hydrogens is 226 g/mol. The van der Waals surface area contributed by atoms with E-state index in [-0.39, 0.29) is 11.4 Å². The van der Waals surface area contributed by atoms with Crippen LogP contribution in [0.2, 0.25) is 0 Å². The van der Waals surface area contributed by atoms with E-state index in [0.29, 0.717) is 12.4 Å².